The van der Waals surface area contributed by atoms with Crippen LogP contribution in [0.5, 0.6) is 0 Å². The first-order valence-electron chi connectivity index (χ1n) is 6.36. The van der Waals surface area contributed by atoms with Gasteiger partial charge < -0.3 is 19.7 Å². The molecule has 1 aliphatic heterocycles. The molecule has 6 nitrogen and oxygen atoms in total. The molecule has 0 aromatic heterocycles. The molecule has 0 aliphatic carbocycles. The smallest absolute Gasteiger partial charge is 0.409 e. The zero-order valence-corrected chi connectivity index (χ0v) is 11.3. The number of piperidine rings is 1. The zero-order valence-electron chi connectivity index (χ0n) is 11.3. The minimum atomic E-state index is -0.427. The Bertz CT molecular complexity index is 296. The van der Waals surface area contributed by atoms with E-state index in [9.17, 15) is 9.59 Å². The monoisotopic (exact) mass is 258 g/mol. The lowest BCUT2D eigenvalue weighted by atomic mass is 9.92. The highest BCUT2D eigenvalue weighted by atomic mass is 16.5. The van der Waals surface area contributed by atoms with Crippen molar-refractivity contribution in [1.29, 1.82) is 0 Å². The van der Waals surface area contributed by atoms with Crippen molar-refractivity contribution in [3.05, 3.63) is 0 Å². The fourth-order valence-electron chi connectivity index (χ4n) is 2.22. The van der Waals surface area contributed by atoms with Crippen LogP contribution < -0.4 is 5.32 Å². The van der Waals surface area contributed by atoms with Gasteiger partial charge in [-0.3, -0.25) is 0 Å². The van der Waals surface area contributed by atoms with Crippen LogP contribution in [0.1, 0.15) is 26.7 Å². The number of methoxy groups -OCH3 is 1. The van der Waals surface area contributed by atoms with E-state index in [1.807, 2.05) is 0 Å². The average Bonchev–Trinajstić information content (AvgIpc) is 2.37. The number of alkyl carbamates (subject to hydrolysis) is 1. The molecule has 0 radical (unpaired) electrons. The lowest BCUT2D eigenvalue weighted by molar-refractivity contribution is 0.0859. The van der Waals surface area contributed by atoms with Crippen LogP contribution in [0.4, 0.5) is 9.59 Å². The lowest BCUT2D eigenvalue weighted by Gasteiger charge is -2.36. The maximum absolute atomic E-state index is 11.5. The molecule has 104 valence electrons. The van der Waals surface area contributed by atoms with Crippen LogP contribution in [0, 0.1) is 5.92 Å². The minimum absolute atomic E-state index is 0.0677. The molecule has 1 saturated heterocycles. The zero-order chi connectivity index (χ0) is 13.5. The van der Waals surface area contributed by atoms with Crippen molar-refractivity contribution in [1.82, 2.24) is 10.2 Å². The number of nitrogens with zero attached hydrogens (tertiary/aromatic N) is 1. The normalized spacial score (nSPS) is 23.4. The van der Waals surface area contributed by atoms with Gasteiger partial charge in [0.25, 0.3) is 0 Å². The number of ether oxygens (including phenoxy) is 2. The van der Waals surface area contributed by atoms with E-state index in [4.69, 9.17) is 9.47 Å². The number of likely N-dealkylation sites (tertiary alicyclic amines) is 1. The van der Waals surface area contributed by atoms with Gasteiger partial charge >= 0.3 is 12.2 Å². The van der Waals surface area contributed by atoms with Crippen molar-refractivity contribution in [2.75, 3.05) is 26.8 Å². The molecule has 2 amide bonds. The van der Waals surface area contributed by atoms with E-state index < -0.39 is 6.09 Å². The van der Waals surface area contributed by atoms with Crippen LogP contribution in [0.2, 0.25) is 0 Å². The Morgan fingerprint density at radius 2 is 2.06 bits per heavy atom. The number of hydrogen-bond acceptors (Lipinski definition) is 4. The van der Waals surface area contributed by atoms with E-state index >= 15 is 0 Å². The molecule has 1 rings (SSSR count). The van der Waals surface area contributed by atoms with Gasteiger partial charge in [0.05, 0.1) is 19.8 Å². The summed E-state index contributed by atoms with van der Waals surface area (Å²) in [4.78, 5) is 24.6. The molecule has 1 N–H and O–H groups in total. The van der Waals surface area contributed by atoms with Gasteiger partial charge in [0.1, 0.15) is 0 Å². The van der Waals surface area contributed by atoms with Crippen molar-refractivity contribution < 1.29 is 19.1 Å². The fraction of sp³-hybridized carbons (Fsp3) is 0.833. The molecule has 1 aliphatic rings. The first-order valence-corrected chi connectivity index (χ1v) is 6.36. The predicted octanol–water partition coefficient (Wildman–Crippen LogP) is 1.60. The molecule has 6 heteroatoms. The Labute approximate surface area is 108 Å². The van der Waals surface area contributed by atoms with Gasteiger partial charge in [-0.05, 0) is 19.3 Å². The summed E-state index contributed by atoms with van der Waals surface area (Å²) in [7, 11) is 1.37. The summed E-state index contributed by atoms with van der Waals surface area (Å²) in [5.74, 6) is 0.379. The molecule has 0 bridgehead atoms. The molecule has 0 saturated carbocycles. The molecule has 18 heavy (non-hydrogen) atoms. The number of carbonyl (C=O) groups excluding carboxylic acids is 2. The summed E-state index contributed by atoms with van der Waals surface area (Å²) in [5, 5.41) is 2.78. The van der Waals surface area contributed by atoms with E-state index in [0.29, 0.717) is 25.6 Å². The fourth-order valence-corrected chi connectivity index (χ4v) is 2.22. The molecular formula is C12H22N2O4. The van der Waals surface area contributed by atoms with Gasteiger partial charge in [-0.15, -0.1) is 0 Å². The number of rotatable bonds is 3. The van der Waals surface area contributed by atoms with Crippen LogP contribution in [-0.4, -0.2) is 49.9 Å². The minimum Gasteiger partial charge on any atom is -0.453 e. The Balaban J connectivity index is 2.56. The van der Waals surface area contributed by atoms with Crippen LogP contribution in [0.3, 0.4) is 0 Å². The van der Waals surface area contributed by atoms with E-state index in [1.165, 1.54) is 7.11 Å². The van der Waals surface area contributed by atoms with Crippen LogP contribution in [0.15, 0.2) is 0 Å². The molecule has 0 aromatic carbocycles. The van der Waals surface area contributed by atoms with Gasteiger partial charge in [-0.2, -0.15) is 0 Å². The number of hydrogen-bond donors (Lipinski definition) is 1. The quantitative estimate of drug-likeness (QED) is 0.835. The summed E-state index contributed by atoms with van der Waals surface area (Å²) in [6, 6.07) is -0.0677. The Morgan fingerprint density at radius 1 is 1.33 bits per heavy atom. The van der Waals surface area contributed by atoms with E-state index in [-0.39, 0.29) is 12.1 Å². The highest BCUT2D eigenvalue weighted by Crippen LogP contribution is 2.20. The standard InChI is InChI=1S/C12H22N2O4/c1-4-9-6-10(13-11(15)18-5-2)8-14(7-9)12(16)17-3/h9-10H,4-8H2,1-3H3,(H,13,15). The molecule has 1 fully saturated rings. The predicted molar refractivity (Wildman–Crippen MR) is 66.3 cm³/mol. The molecule has 0 aromatic rings. The lowest BCUT2D eigenvalue weighted by Crippen LogP contribution is -2.52. The molecular weight excluding hydrogens is 236 g/mol. The van der Waals surface area contributed by atoms with Gasteiger partial charge in [-0.25, -0.2) is 9.59 Å². The summed E-state index contributed by atoms with van der Waals surface area (Å²) >= 11 is 0. The largest absolute Gasteiger partial charge is 0.453 e. The molecule has 2 unspecified atom stereocenters. The summed E-state index contributed by atoms with van der Waals surface area (Å²) in [5.41, 5.74) is 0. The summed E-state index contributed by atoms with van der Waals surface area (Å²) in [6.07, 6.45) is 1.06. The summed E-state index contributed by atoms with van der Waals surface area (Å²) in [6.45, 7) is 5.34. The average molecular weight is 258 g/mol. The van der Waals surface area contributed by atoms with E-state index in [0.717, 1.165) is 12.8 Å². The molecule has 0 spiro atoms. The van der Waals surface area contributed by atoms with Gasteiger partial charge in [-0.1, -0.05) is 13.3 Å². The Kier molecular flexibility index (Phi) is 5.74. The molecule has 2 atom stereocenters. The Morgan fingerprint density at radius 3 is 2.61 bits per heavy atom. The first-order chi connectivity index (χ1) is 8.60. The summed E-state index contributed by atoms with van der Waals surface area (Å²) < 4.78 is 9.58. The third kappa shape index (κ3) is 4.09. The van der Waals surface area contributed by atoms with E-state index in [1.54, 1.807) is 11.8 Å². The maximum Gasteiger partial charge on any atom is 0.409 e. The van der Waals surface area contributed by atoms with Crippen molar-refractivity contribution in [2.24, 2.45) is 5.92 Å². The third-order valence-electron chi connectivity index (χ3n) is 3.14. The number of nitrogens with one attached hydrogen (secondary N) is 1. The number of amides is 2. The van der Waals surface area contributed by atoms with Crippen LogP contribution in [0.25, 0.3) is 0 Å². The van der Waals surface area contributed by atoms with E-state index in [2.05, 4.69) is 12.2 Å². The van der Waals surface area contributed by atoms with Crippen LogP contribution in [-0.2, 0) is 9.47 Å². The van der Waals surface area contributed by atoms with Gasteiger partial charge in [0.2, 0.25) is 0 Å². The Hall–Kier alpha value is -1.46. The third-order valence-corrected chi connectivity index (χ3v) is 3.14. The highest BCUT2D eigenvalue weighted by molar-refractivity contribution is 5.69. The second kappa shape index (κ2) is 7.08. The first kappa shape index (κ1) is 14.6. The highest BCUT2D eigenvalue weighted by Gasteiger charge is 2.30. The van der Waals surface area contributed by atoms with Crippen LogP contribution >= 0.6 is 0 Å². The van der Waals surface area contributed by atoms with Crippen molar-refractivity contribution in [3.63, 3.8) is 0 Å². The second-order valence-corrected chi connectivity index (χ2v) is 4.45. The second-order valence-electron chi connectivity index (χ2n) is 4.45. The molecule has 1 heterocycles. The van der Waals surface area contributed by atoms with Crippen molar-refractivity contribution in [3.8, 4) is 0 Å². The topological polar surface area (TPSA) is 67.9 Å². The van der Waals surface area contributed by atoms with Crippen molar-refractivity contribution in [2.45, 2.75) is 32.7 Å². The number of carbonyl (C=O) groups is 2. The van der Waals surface area contributed by atoms with Crippen molar-refractivity contribution >= 4 is 12.2 Å². The van der Waals surface area contributed by atoms with Gasteiger partial charge in [0, 0.05) is 13.1 Å². The maximum atomic E-state index is 11.5. The SMILES string of the molecule is CCOC(=O)NC1CC(CC)CN(C(=O)OC)C1. The van der Waals surface area contributed by atoms with Gasteiger partial charge in [0.15, 0.2) is 0 Å².